The SMILES string of the molecule is COCC(C)Nc1cc(F)c(Br)cc1N. The first kappa shape index (κ1) is 12.3. The molecule has 0 aromatic heterocycles. The summed E-state index contributed by atoms with van der Waals surface area (Å²) in [6.45, 7) is 2.47. The topological polar surface area (TPSA) is 47.3 Å². The lowest BCUT2D eigenvalue weighted by molar-refractivity contribution is 0.190. The van der Waals surface area contributed by atoms with Gasteiger partial charge in [0.05, 0.1) is 22.5 Å². The van der Waals surface area contributed by atoms with Gasteiger partial charge in [-0.3, -0.25) is 0 Å². The first-order valence-electron chi connectivity index (χ1n) is 4.54. The first-order valence-corrected chi connectivity index (χ1v) is 5.34. The van der Waals surface area contributed by atoms with E-state index in [1.807, 2.05) is 6.92 Å². The number of nitrogen functional groups attached to an aromatic ring is 1. The summed E-state index contributed by atoms with van der Waals surface area (Å²) in [6.07, 6.45) is 0. The van der Waals surface area contributed by atoms with E-state index in [1.165, 1.54) is 12.1 Å². The summed E-state index contributed by atoms with van der Waals surface area (Å²) in [4.78, 5) is 0. The number of halogens is 2. The van der Waals surface area contributed by atoms with Crippen molar-refractivity contribution in [2.75, 3.05) is 24.8 Å². The summed E-state index contributed by atoms with van der Waals surface area (Å²) in [5.74, 6) is -0.337. The monoisotopic (exact) mass is 276 g/mol. The van der Waals surface area contributed by atoms with Gasteiger partial charge in [-0.2, -0.15) is 0 Å². The Balaban J connectivity index is 2.81. The molecular weight excluding hydrogens is 263 g/mol. The molecule has 1 atom stereocenters. The van der Waals surface area contributed by atoms with Gasteiger partial charge in [0, 0.05) is 19.2 Å². The Bertz CT molecular complexity index is 346. The van der Waals surface area contributed by atoms with Crippen LogP contribution in [0.4, 0.5) is 15.8 Å². The third-order valence-electron chi connectivity index (χ3n) is 1.91. The van der Waals surface area contributed by atoms with E-state index < -0.39 is 0 Å². The molecule has 0 amide bonds. The Morgan fingerprint density at radius 1 is 1.60 bits per heavy atom. The van der Waals surface area contributed by atoms with Gasteiger partial charge in [0.15, 0.2) is 0 Å². The highest BCUT2D eigenvalue weighted by Crippen LogP contribution is 2.26. The summed E-state index contributed by atoms with van der Waals surface area (Å²) in [7, 11) is 1.61. The van der Waals surface area contributed by atoms with Crippen LogP contribution in [0.25, 0.3) is 0 Å². The molecule has 3 N–H and O–H groups in total. The van der Waals surface area contributed by atoms with Gasteiger partial charge in [-0.1, -0.05) is 0 Å². The van der Waals surface area contributed by atoms with Crippen molar-refractivity contribution in [3.8, 4) is 0 Å². The second kappa shape index (κ2) is 5.32. The van der Waals surface area contributed by atoms with Gasteiger partial charge in [-0.25, -0.2) is 4.39 Å². The maximum absolute atomic E-state index is 13.2. The fourth-order valence-corrected chi connectivity index (χ4v) is 1.61. The Morgan fingerprint density at radius 3 is 2.87 bits per heavy atom. The number of nitrogens with two attached hydrogens (primary N) is 1. The predicted molar refractivity (Wildman–Crippen MR) is 63.5 cm³/mol. The second-order valence-electron chi connectivity index (χ2n) is 3.35. The molecule has 3 nitrogen and oxygen atoms in total. The normalized spacial score (nSPS) is 12.5. The molecule has 0 saturated carbocycles. The molecule has 0 saturated heterocycles. The van der Waals surface area contributed by atoms with Gasteiger partial charge in [0.1, 0.15) is 5.82 Å². The molecule has 1 unspecified atom stereocenters. The molecule has 0 spiro atoms. The van der Waals surface area contributed by atoms with Crippen LogP contribution in [-0.4, -0.2) is 19.8 Å². The molecule has 1 aromatic rings. The third kappa shape index (κ3) is 3.35. The lowest BCUT2D eigenvalue weighted by Crippen LogP contribution is -2.21. The summed E-state index contributed by atoms with van der Waals surface area (Å²) < 4.78 is 18.6. The first-order chi connectivity index (χ1) is 7.04. The minimum Gasteiger partial charge on any atom is -0.397 e. The van der Waals surface area contributed by atoms with Crippen molar-refractivity contribution in [2.24, 2.45) is 0 Å². The molecule has 1 rings (SSSR count). The van der Waals surface area contributed by atoms with Crippen molar-refractivity contribution in [2.45, 2.75) is 13.0 Å². The molecule has 0 heterocycles. The van der Waals surface area contributed by atoms with Crippen molar-refractivity contribution in [3.63, 3.8) is 0 Å². The number of hydrogen-bond donors (Lipinski definition) is 2. The highest BCUT2D eigenvalue weighted by Gasteiger charge is 2.08. The van der Waals surface area contributed by atoms with Crippen LogP contribution in [-0.2, 0) is 4.74 Å². The average Bonchev–Trinajstić information content (AvgIpc) is 2.14. The van der Waals surface area contributed by atoms with E-state index in [1.54, 1.807) is 7.11 Å². The molecule has 1 aromatic carbocycles. The van der Waals surface area contributed by atoms with E-state index in [9.17, 15) is 4.39 Å². The summed E-state index contributed by atoms with van der Waals surface area (Å²) in [6, 6.07) is 2.99. The van der Waals surface area contributed by atoms with Crippen molar-refractivity contribution in [3.05, 3.63) is 22.4 Å². The molecular formula is C10H14BrFN2O. The van der Waals surface area contributed by atoms with E-state index in [0.717, 1.165) is 0 Å². The number of benzene rings is 1. The highest BCUT2D eigenvalue weighted by atomic mass is 79.9. The zero-order valence-corrected chi connectivity index (χ0v) is 10.3. The van der Waals surface area contributed by atoms with Gasteiger partial charge in [0.2, 0.25) is 0 Å². The van der Waals surface area contributed by atoms with Gasteiger partial charge in [0.25, 0.3) is 0 Å². The lowest BCUT2D eigenvalue weighted by Gasteiger charge is -2.16. The fraction of sp³-hybridized carbons (Fsp3) is 0.400. The van der Waals surface area contributed by atoms with E-state index >= 15 is 0 Å². The fourth-order valence-electron chi connectivity index (χ4n) is 1.24. The smallest absolute Gasteiger partial charge is 0.139 e. The lowest BCUT2D eigenvalue weighted by atomic mass is 10.2. The van der Waals surface area contributed by atoms with E-state index in [0.29, 0.717) is 22.5 Å². The van der Waals surface area contributed by atoms with Crippen molar-refractivity contribution in [1.29, 1.82) is 0 Å². The Morgan fingerprint density at radius 2 is 2.27 bits per heavy atom. The zero-order chi connectivity index (χ0) is 11.4. The molecule has 0 aliphatic rings. The summed E-state index contributed by atoms with van der Waals surface area (Å²) in [5, 5.41) is 3.07. The number of anilines is 2. The number of methoxy groups -OCH3 is 1. The van der Waals surface area contributed by atoms with Crippen LogP contribution in [0, 0.1) is 5.82 Å². The van der Waals surface area contributed by atoms with Crippen molar-refractivity contribution >= 4 is 27.3 Å². The van der Waals surface area contributed by atoms with E-state index in [4.69, 9.17) is 10.5 Å². The number of rotatable bonds is 4. The Labute approximate surface area is 96.9 Å². The molecule has 0 bridgehead atoms. The van der Waals surface area contributed by atoms with Gasteiger partial charge in [-0.05, 0) is 28.9 Å². The number of nitrogens with one attached hydrogen (secondary N) is 1. The quantitative estimate of drug-likeness (QED) is 0.832. The van der Waals surface area contributed by atoms with Crippen LogP contribution < -0.4 is 11.1 Å². The molecule has 15 heavy (non-hydrogen) atoms. The summed E-state index contributed by atoms with van der Waals surface area (Å²) in [5.41, 5.74) is 6.82. The average molecular weight is 277 g/mol. The maximum Gasteiger partial charge on any atom is 0.139 e. The van der Waals surface area contributed by atoms with E-state index in [-0.39, 0.29) is 11.9 Å². The molecule has 0 fully saturated rings. The molecule has 0 aliphatic carbocycles. The van der Waals surface area contributed by atoms with Gasteiger partial charge < -0.3 is 15.8 Å². The molecule has 0 radical (unpaired) electrons. The largest absolute Gasteiger partial charge is 0.397 e. The highest BCUT2D eigenvalue weighted by molar-refractivity contribution is 9.10. The minimum absolute atomic E-state index is 0.0814. The Kier molecular flexibility index (Phi) is 4.35. The van der Waals surface area contributed by atoms with Crippen LogP contribution in [0.3, 0.4) is 0 Å². The van der Waals surface area contributed by atoms with Gasteiger partial charge in [-0.15, -0.1) is 0 Å². The minimum atomic E-state index is -0.337. The zero-order valence-electron chi connectivity index (χ0n) is 8.68. The molecule has 0 aliphatic heterocycles. The van der Waals surface area contributed by atoms with Crippen molar-refractivity contribution < 1.29 is 9.13 Å². The third-order valence-corrected chi connectivity index (χ3v) is 2.52. The second-order valence-corrected chi connectivity index (χ2v) is 4.21. The Hall–Kier alpha value is -0.810. The van der Waals surface area contributed by atoms with Crippen molar-refractivity contribution in [1.82, 2.24) is 0 Å². The predicted octanol–water partition coefficient (Wildman–Crippen LogP) is 2.62. The summed E-state index contributed by atoms with van der Waals surface area (Å²) >= 11 is 3.07. The van der Waals surface area contributed by atoms with Crippen LogP contribution in [0.15, 0.2) is 16.6 Å². The molecule has 5 heteroatoms. The van der Waals surface area contributed by atoms with Crippen LogP contribution in [0.2, 0.25) is 0 Å². The number of hydrogen-bond acceptors (Lipinski definition) is 3. The van der Waals surface area contributed by atoms with E-state index in [2.05, 4.69) is 21.2 Å². The van der Waals surface area contributed by atoms with Crippen LogP contribution in [0.5, 0.6) is 0 Å². The van der Waals surface area contributed by atoms with Gasteiger partial charge >= 0.3 is 0 Å². The maximum atomic E-state index is 13.2. The standard InChI is InChI=1S/C10H14BrFN2O/c1-6(5-15-2)14-10-4-8(12)7(11)3-9(10)13/h3-4,6,14H,5,13H2,1-2H3. The molecule has 84 valence electrons. The number of ether oxygens (including phenoxy) is 1. The van der Waals surface area contributed by atoms with Crippen LogP contribution in [0.1, 0.15) is 6.92 Å². The van der Waals surface area contributed by atoms with Crippen LogP contribution >= 0.6 is 15.9 Å².